The summed E-state index contributed by atoms with van der Waals surface area (Å²) in [6.07, 6.45) is 5.95. The second kappa shape index (κ2) is 4.72. The quantitative estimate of drug-likeness (QED) is 0.818. The molecule has 1 fully saturated rings. The number of aliphatic hydroxyl groups is 1. The summed E-state index contributed by atoms with van der Waals surface area (Å²) in [5.41, 5.74) is 1.31. The molecule has 1 saturated carbocycles. The molecule has 1 aromatic carbocycles. The fourth-order valence-electron chi connectivity index (χ4n) is 1.96. The monoisotopic (exact) mass is 232 g/mol. The Kier molecular flexibility index (Phi) is 3.29. The van der Waals surface area contributed by atoms with Gasteiger partial charge in [-0.05, 0) is 30.4 Å². The van der Waals surface area contributed by atoms with Crippen molar-refractivity contribution in [2.75, 3.05) is 6.61 Å². The molecule has 17 heavy (non-hydrogen) atoms. The molecule has 0 radical (unpaired) electrons. The highest BCUT2D eigenvalue weighted by Crippen LogP contribution is 2.48. The van der Waals surface area contributed by atoms with Crippen molar-refractivity contribution in [2.45, 2.75) is 24.7 Å². The first-order chi connectivity index (χ1) is 8.19. The number of rotatable bonds is 5. The molecule has 0 amide bonds. The molecule has 0 aromatic heterocycles. The van der Waals surface area contributed by atoms with Crippen LogP contribution in [0.25, 0.3) is 6.08 Å². The summed E-state index contributed by atoms with van der Waals surface area (Å²) < 4.78 is 0. The molecule has 0 bridgehead atoms. The van der Waals surface area contributed by atoms with Crippen molar-refractivity contribution >= 4 is 12.0 Å². The predicted octanol–water partition coefficient (Wildman–Crippen LogP) is 2.20. The summed E-state index contributed by atoms with van der Waals surface area (Å²) in [6.45, 7) is 0.150. The summed E-state index contributed by atoms with van der Waals surface area (Å²) in [7, 11) is 0. The number of hydrogen-bond acceptors (Lipinski definition) is 2. The van der Waals surface area contributed by atoms with Crippen molar-refractivity contribution in [2.24, 2.45) is 0 Å². The van der Waals surface area contributed by atoms with Crippen LogP contribution in [-0.2, 0) is 10.2 Å². The third-order valence-corrected chi connectivity index (χ3v) is 3.23. The average Bonchev–Trinajstić information content (AvgIpc) is 3.11. The smallest absolute Gasteiger partial charge is 0.314 e. The molecule has 0 spiro atoms. The largest absolute Gasteiger partial charge is 0.481 e. The molecular weight excluding hydrogens is 216 g/mol. The molecule has 0 heterocycles. The van der Waals surface area contributed by atoms with Gasteiger partial charge >= 0.3 is 5.97 Å². The Morgan fingerprint density at radius 2 is 1.94 bits per heavy atom. The Bertz CT molecular complexity index is 427. The summed E-state index contributed by atoms with van der Waals surface area (Å²) in [4.78, 5) is 11.1. The molecule has 90 valence electrons. The van der Waals surface area contributed by atoms with Crippen LogP contribution in [0.15, 0.2) is 30.3 Å². The van der Waals surface area contributed by atoms with E-state index < -0.39 is 11.4 Å². The van der Waals surface area contributed by atoms with Gasteiger partial charge in [-0.1, -0.05) is 36.4 Å². The maximum atomic E-state index is 11.1. The van der Waals surface area contributed by atoms with Gasteiger partial charge in [-0.15, -0.1) is 0 Å². The van der Waals surface area contributed by atoms with Crippen molar-refractivity contribution in [1.82, 2.24) is 0 Å². The van der Waals surface area contributed by atoms with Gasteiger partial charge in [-0.2, -0.15) is 0 Å². The molecule has 1 aromatic rings. The highest BCUT2D eigenvalue weighted by atomic mass is 16.4. The maximum Gasteiger partial charge on any atom is 0.314 e. The van der Waals surface area contributed by atoms with Crippen LogP contribution in [0.1, 0.15) is 30.4 Å². The van der Waals surface area contributed by atoms with Gasteiger partial charge in [0.15, 0.2) is 0 Å². The summed E-state index contributed by atoms with van der Waals surface area (Å²) in [5, 5.41) is 17.8. The Hall–Kier alpha value is -1.61. The van der Waals surface area contributed by atoms with Crippen LogP contribution in [0.3, 0.4) is 0 Å². The predicted molar refractivity (Wildman–Crippen MR) is 65.7 cm³/mol. The topological polar surface area (TPSA) is 57.5 Å². The first kappa shape index (κ1) is 11.9. The highest BCUT2D eigenvalue weighted by molar-refractivity contribution is 5.85. The lowest BCUT2D eigenvalue weighted by Gasteiger charge is -2.09. The number of aliphatic carboxylic acids is 1. The number of benzene rings is 1. The van der Waals surface area contributed by atoms with Crippen LogP contribution in [-0.4, -0.2) is 22.8 Å². The molecule has 1 aliphatic rings. The van der Waals surface area contributed by atoms with E-state index in [1.54, 1.807) is 0 Å². The molecule has 0 unspecified atom stereocenters. The summed E-state index contributed by atoms with van der Waals surface area (Å²) in [5.74, 6) is -0.721. The fraction of sp³-hybridized carbons (Fsp3) is 0.357. The minimum Gasteiger partial charge on any atom is -0.481 e. The maximum absolute atomic E-state index is 11.1. The van der Waals surface area contributed by atoms with Crippen LogP contribution in [0.5, 0.6) is 0 Å². The molecule has 2 N–H and O–H groups in total. The second-order valence-electron chi connectivity index (χ2n) is 4.42. The highest BCUT2D eigenvalue weighted by Gasteiger charge is 2.51. The van der Waals surface area contributed by atoms with Gasteiger partial charge in [0, 0.05) is 6.61 Å². The fourth-order valence-corrected chi connectivity index (χ4v) is 1.96. The Balaban J connectivity index is 2.11. The molecule has 3 nitrogen and oxygen atoms in total. The zero-order valence-corrected chi connectivity index (χ0v) is 9.60. The van der Waals surface area contributed by atoms with Gasteiger partial charge in [0.25, 0.3) is 0 Å². The number of carboxylic acids is 1. The number of carbonyl (C=O) groups is 1. The molecule has 0 atom stereocenters. The zero-order chi connectivity index (χ0) is 12.3. The zero-order valence-electron chi connectivity index (χ0n) is 9.60. The lowest BCUT2D eigenvalue weighted by Crippen LogP contribution is -2.19. The Labute approximate surface area is 100 Å². The molecule has 3 heteroatoms. The SMILES string of the molecule is O=C(O)C1(c2ccc(C=CCCO)cc2)CC1. The van der Waals surface area contributed by atoms with E-state index in [2.05, 4.69) is 0 Å². The van der Waals surface area contributed by atoms with E-state index in [1.807, 2.05) is 36.4 Å². The minimum absolute atomic E-state index is 0.150. The van der Waals surface area contributed by atoms with Crippen LogP contribution in [0.4, 0.5) is 0 Å². The van der Waals surface area contributed by atoms with Gasteiger partial charge in [0.05, 0.1) is 5.41 Å². The van der Waals surface area contributed by atoms with E-state index in [-0.39, 0.29) is 6.61 Å². The molecular formula is C14H16O3. The normalized spacial score (nSPS) is 17.2. The van der Waals surface area contributed by atoms with E-state index >= 15 is 0 Å². The Morgan fingerprint density at radius 1 is 1.29 bits per heavy atom. The van der Waals surface area contributed by atoms with Crippen molar-refractivity contribution in [1.29, 1.82) is 0 Å². The Morgan fingerprint density at radius 3 is 2.41 bits per heavy atom. The minimum atomic E-state index is -0.721. The summed E-state index contributed by atoms with van der Waals surface area (Å²) in [6, 6.07) is 7.62. The third kappa shape index (κ3) is 2.39. The van der Waals surface area contributed by atoms with Gasteiger partial charge in [-0.3, -0.25) is 4.79 Å². The standard InChI is InChI=1S/C14H16O3/c15-10-2-1-3-11-4-6-12(7-5-11)14(8-9-14)13(16)17/h1,3-7,15H,2,8-10H2,(H,16,17). The van der Waals surface area contributed by atoms with Crippen LogP contribution in [0, 0.1) is 0 Å². The summed E-state index contributed by atoms with van der Waals surface area (Å²) >= 11 is 0. The van der Waals surface area contributed by atoms with E-state index in [1.165, 1.54) is 0 Å². The van der Waals surface area contributed by atoms with Crippen molar-refractivity contribution in [3.8, 4) is 0 Å². The van der Waals surface area contributed by atoms with Crippen LogP contribution in [0.2, 0.25) is 0 Å². The van der Waals surface area contributed by atoms with Crippen molar-refractivity contribution in [3.63, 3.8) is 0 Å². The first-order valence-electron chi connectivity index (χ1n) is 5.80. The average molecular weight is 232 g/mol. The van der Waals surface area contributed by atoms with Gasteiger partial charge in [0.1, 0.15) is 0 Å². The van der Waals surface area contributed by atoms with Gasteiger partial charge in [-0.25, -0.2) is 0 Å². The van der Waals surface area contributed by atoms with E-state index in [0.29, 0.717) is 6.42 Å². The molecule has 0 saturated heterocycles. The van der Waals surface area contributed by atoms with Gasteiger partial charge < -0.3 is 10.2 Å². The van der Waals surface area contributed by atoms with Crippen LogP contribution < -0.4 is 0 Å². The molecule has 0 aliphatic heterocycles. The number of hydrogen-bond donors (Lipinski definition) is 2. The first-order valence-corrected chi connectivity index (χ1v) is 5.80. The molecule has 1 aliphatic carbocycles. The number of aliphatic hydroxyl groups excluding tert-OH is 1. The lowest BCUT2D eigenvalue weighted by atomic mass is 9.95. The number of carboxylic acid groups (broad SMARTS) is 1. The van der Waals surface area contributed by atoms with Crippen molar-refractivity contribution in [3.05, 3.63) is 41.5 Å². The second-order valence-corrected chi connectivity index (χ2v) is 4.42. The van der Waals surface area contributed by atoms with E-state index in [0.717, 1.165) is 24.0 Å². The third-order valence-electron chi connectivity index (χ3n) is 3.23. The van der Waals surface area contributed by atoms with E-state index in [4.69, 9.17) is 10.2 Å². The molecule has 2 rings (SSSR count). The van der Waals surface area contributed by atoms with Crippen molar-refractivity contribution < 1.29 is 15.0 Å². The van der Waals surface area contributed by atoms with Gasteiger partial charge in [0.2, 0.25) is 0 Å². The van der Waals surface area contributed by atoms with Crippen LogP contribution >= 0.6 is 0 Å². The lowest BCUT2D eigenvalue weighted by molar-refractivity contribution is -0.140. The van der Waals surface area contributed by atoms with E-state index in [9.17, 15) is 4.79 Å².